The van der Waals surface area contributed by atoms with Crippen molar-refractivity contribution in [3.05, 3.63) is 118 Å². The highest BCUT2D eigenvalue weighted by atomic mass is 16.4. The van der Waals surface area contributed by atoms with Gasteiger partial charge in [-0.05, 0) is 73.0 Å². The van der Waals surface area contributed by atoms with Crippen LogP contribution in [0.4, 0.5) is 0 Å². The second-order valence-corrected chi connectivity index (χ2v) is 10.0. The Bertz CT molecular complexity index is 1950. The Kier molecular flexibility index (Phi) is 5.00. The van der Waals surface area contributed by atoms with Gasteiger partial charge >= 0.3 is 0 Å². The number of carbonyl (C=O) groups excluding carboxylic acids is 2. The second-order valence-electron chi connectivity index (χ2n) is 10.0. The first-order valence-corrected chi connectivity index (χ1v) is 12.8. The van der Waals surface area contributed by atoms with Crippen molar-refractivity contribution >= 4 is 39.8 Å². The number of oxazole rings is 1. The van der Waals surface area contributed by atoms with Crippen LogP contribution in [0.2, 0.25) is 0 Å². The quantitative estimate of drug-likeness (QED) is 0.186. The molecule has 0 aliphatic heterocycles. The van der Waals surface area contributed by atoms with Gasteiger partial charge in [-0.1, -0.05) is 60.2 Å². The fraction of sp³-hybridized carbons (Fsp3) is 0.0909. The number of hydrogen-bond acceptors (Lipinski definition) is 5. The monoisotopic (exact) mass is 509 g/mol. The van der Waals surface area contributed by atoms with E-state index in [2.05, 4.69) is 19.1 Å². The van der Waals surface area contributed by atoms with Crippen molar-refractivity contribution in [3.8, 4) is 17.1 Å². The van der Waals surface area contributed by atoms with Gasteiger partial charge in [0.2, 0.25) is 11.5 Å². The molecule has 0 saturated heterocycles. The first-order valence-electron chi connectivity index (χ1n) is 12.8. The molecule has 0 N–H and O–H groups in total. The first kappa shape index (κ1) is 23.0. The summed E-state index contributed by atoms with van der Waals surface area (Å²) in [6.45, 7) is 6.14. The van der Waals surface area contributed by atoms with Crippen molar-refractivity contribution in [2.24, 2.45) is 0 Å². The maximum atomic E-state index is 13.4. The molecule has 2 aromatic heterocycles. The van der Waals surface area contributed by atoms with Crippen LogP contribution >= 0.6 is 0 Å². The molecule has 0 radical (unpaired) electrons. The van der Waals surface area contributed by atoms with E-state index in [4.69, 9.17) is 14.4 Å². The molecule has 0 fully saturated rings. The molecule has 6 nitrogen and oxygen atoms in total. The lowest BCUT2D eigenvalue weighted by Crippen LogP contribution is -2.04. The molecule has 188 valence electrons. The Balaban J connectivity index is 1.41. The number of fused-ring (bicyclic) bond motifs is 3. The van der Waals surface area contributed by atoms with Gasteiger partial charge in [-0.25, -0.2) is 0 Å². The lowest BCUT2D eigenvalue weighted by molar-refractivity contribution is 0.0990. The molecule has 0 unspecified atom stereocenters. The number of benzene rings is 4. The summed E-state index contributed by atoms with van der Waals surface area (Å²) in [7, 11) is 0. The molecule has 0 atom stereocenters. The van der Waals surface area contributed by atoms with Gasteiger partial charge < -0.3 is 4.42 Å². The fourth-order valence-electron chi connectivity index (χ4n) is 5.61. The van der Waals surface area contributed by atoms with Crippen LogP contribution in [0.25, 0.3) is 45.4 Å². The molecule has 1 aliphatic carbocycles. The van der Waals surface area contributed by atoms with Crippen LogP contribution in [-0.4, -0.2) is 26.1 Å². The largest absolute Gasteiger partial charge is 0.416 e. The van der Waals surface area contributed by atoms with E-state index in [0.717, 1.165) is 33.2 Å². The fourth-order valence-corrected chi connectivity index (χ4v) is 5.61. The lowest BCUT2D eigenvalue weighted by atomic mass is 10.00. The van der Waals surface area contributed by atoms with E-state index in [1.54, 1.807) is 18.2 Å². The summed E-state index contributed by atoms with van der Waals surface area (Å²) in [6.07, 6.45) is 1.56. The molecule has 0 amide bonds. The molecule has 4 aromatic carbocycles. The summed E-state index contributed by atoms with van der Waals surface area (Å²) in [5.41, 5.74) is 6.79. The number of aromatic nitrogens is 3. The summed E-state index contributed by atoms with van der Waals surface area (Å²) in [5, 5.41) is 1.83. The lowest BCUT2D eigenvalue weighted by Gasteiger charge is -2.08. The molecule has 6 aromatic rings. The van der Waals surface area contributed by atoms with Gasteiger partial charge in [0.05, 0.1) is 5.57 Å². The standard InChI is InChI=1S/C33H23N3O3/c1-18-13-19(2)28(20(3)14-18)32-35-31-33(39-32)34-27(36(31)23-11-5-4-6-12-23)17-26-29(37)24-15-21-9-7-8-10-22(21)16-25(24)30(26)38/h4-17H,1-3H3. The van der Waals surface area contributed by atoms with Gasteiger partial charge in [-0.15, -0.1) is 0 Å². The molecule has 2 heterocycles. The van der Waals surface area contributed by atoms with E-state index >= 15 is 0 Å². The molecular formula is C33H23N3O3. The molecule has 39 heavy (non-hydrogen) atoms. The number of ketones is 2. The highest BCUT2D eigenvalue weighted by Gasteiger charge is 2.34. The number of carbonyl (C=O) groups is 2. The number of imidazole rings is 1. The van der Waals surface area contributed by atoms with E-state index in [1.165, 1.54) is 5.56 Å². The van der Waals surface area contributed by atoms with Crippen LogP contribution in [0.3, 0.4) is 0 Å². The Morgan fingerprint density at radius 1 is 0.744 bits per heavy atom. The zero-order valence-corrected chi connectivity index (χ0v) is 21.6. The van der Waals surface area contributed by atoms with Gasteiger partial charge in [0, 0.05) is 22.4 Å². The first-order chi connectivity index (χ1) is 18.9. The predicted octanol–water partition coefficient (Wildman–Crippen LogP) is 7.22. The molecule has 1 aliphatic rings. The maximum Gasteiger partial charge on any atom is 0.267 e. The Morgan fingerprint density at radius 3 is 1.95 bits per heavy atom. The van der Waals surface area contributed by atoms with Crippen molar-refractivity contribution in [2.45, 2.75) is 20.8 Å². The molecule has 0 saturated carbocycles. The van der Waals surface area contributed by atoms with Gasteiger partial charge in [-0.2, -0.15) is 9.97 Å². The number of nitrogens with zero attached hydrogens (tertiary/aromatic N) is 3. The van der Waals surface area contributed by atoms with Crippen LogP contribution in [0, 0.1) is 20.8 Å². The summed E-state index contributed by atoms with van der Waals surface area (Å²) in [4.78, 5) is 36.4. The Labute approximate surface area is 224 Å². The van der Waals surface area contributed by atoms with E-state index in [9.17, 15) is 9.59 Å². The summed E-state index contributed by atoms with van der Waals surface area (Å²) in [5.74, 6) is 0.276. The normalized spacial score (nSPS) is 13.1. The second kappa shape index (κ2) is 8.46. The number of para-hydroxylation sites is 1. The minimum atomic E-state index is -0.306. The minimum absolute atomic E-state index is 0.0792. The smallest absolute Gasteiger partial charge is 0.267 e. The van der Waals surface area contributed by atoms with Crippen LogP contribution in [0.1, 0.15) is 43.2 Å². The molecule has 6 heteroatoms. The van der Waals surface area contributed by atoms with Gasteiger partial charge in [0.15, 0.2) is 11.6 Å². The van der Waals surface area contributed by atoms with Crippen LogP contribution in [0.15, 0.2) is 88.9 Å². The van der Waals surface area contributed by atoms with Crippen molar-refractivity contribution in [1.82, 2.24) is 14.5 Å². The minimum Gasteiger partial charge on any atom is -0.416 e. The third-order valence-electron chi connectivity index (χ3n) is 7.29. The summed E-state index contributed by atoms with van der Waals surface area (Å²) >= 11 is 0. The highest BCUT2D eigenvalue weighted by Crippen LogP contribution is 2.35. The van der Waals surface area contributed by atoms with E-state index in [1.807, 2.05) is 73.0 Å². The summed E-state index contributed by atoms with van der Waals surface area (Å²) < 4.78 is 8.02. The average molecular weight is 510 g/mol. The van der Waals surface area contributed by atoms with Crippen molar-refractivity contribution in [2.75, 3.05) is 0 Å². The van der Waals surface area contributed by atoms with E-state index in [0.29, 0.717) is 34.2 Å². The molecule has 7 rings (SSSR count). The molecular weight excluding hydrogens is 486 g/mol. The van der Waals surface area contributed by atoms with E-state index < -0.39 is 0 Å². The van der Waals surface area contributed by atoms with Gasteiger partial charge in [0.25, 0.3) is 5.71 Å². The summed E-state index contributed by atoms with van der Waals surface area (Å²) in [6, 6.07) is 25.1. The number of aryl methyl sites for hydroxylation is 3. The Hall–Kier alpha value is -5.10. The van der Waals surface area contributed by atoms with E-state index in [-0.39, 0.29) is 17.1 Å². The van der Waals surface area contributed by atoms with Gasteiger partial charge in [0.1, 0.15) is 5.82 Å². The van der Waals surface area contributed by atoms with Crippen molar-refractivity contribution in [3.63, 3.8) is 0 Å². The predicted molar refractivity (Wildman–Crippen MR) is 151 cm³/mol. The third kappa shape index (κ3) is 3.56. The average Bonchev–Trinajstić information content (AvgIpc) is 3.53. The number of allylic oxidation sites excluding steroid dienone is 1. The molecule has 0 spiro atoms. The van der Waals surface area contributed by atoms with Crippen LogP contribution in [0.5, 0.6) is 0 Å². The number of rotatable bonds is 3. The topological polar surface area (TPSA) is 78.0 Å². The van der Waals surface area contributed by atoms with Crippen LogP contribution in [-0.2, 0) is 0 Å². The Morgan fingerprint density at radius 2 is 1.33 bits per heavy atom. The zero-order chi connectivity index (χ0) is 26.8. The maximum absolute atomic E-state index is 13.4. The zero-order valence-electron chi connectivity index (χ0n) is 21.6. The number of hydrogen-bond donors (Lipinski definition) is 0. The SMILES string of the molecule is Cc1cc(C)c(-c2nc3c(nc(C=C4C(=O)c5cc6ccccc6cc5C4=O)n3-c3ccccc3)o2)c(C)c1. The molecule has 0 bridgehead atoms. The van der Waals surface area contributed by atoms with Crippen LogP contribution < -0.4 is 0 Å². The van der Waals surface area contributed by atoms with Crippen molar-refractivity contribution in [1.29, 1.82) is 0 Å². The number of Topliss-reactive ketones (excluding diaryl/α,β-unsaturated/α-hetero) is 2. The highest BCUT2D eigenvalue weighted by molar-refractivity contribution is 6.42. The third-order valence-corrected chi connectivity index (χ3v) is 7.29. The van der Waals surface area contributed by atoms with Crippen molar-refractivity contribution < 1.29 is 14.0 Å². The van der Waals surface area contributed by atoms with Gasteiger partial charge in [-0.3, -0.25) is 14.2 Å².